The molecule has 0 spiro atoms. The van der Waals surface area contributed by atoms with Gasteiger partial charge in [-0.2, -0.15) is 0 Å². The van der Waals surface area contributed by atoms with Crippen LogP contribution in [0.15, 0.2) is 30.5 Å². The van der Waals surface area contributed by atoms with Crippen molar-refractivity contribution in [1.82, 2.24) is 15.3 Å². The molecule has 2 rings (SSSR count). The van der Waals surface area contributed by atoms with Gasteiger partial charge in [-0.15, -0.1) is 0 Å². The van der Waals surface area contributed by atoms with Crippen molar-refractivity contribution in [3.63, 3.8) is 0 Å². The first-order valence-corrected chi connectivity index (χ1v) is 6.97. The topological polar surface area (TPSA) is 101 Å². The van der Waals surface area contributed by atoms with Crippen LogP contribution >= 0.6 is 11.6 Å². The van der Waals surface area contributed by atoms with Gasteiger partial charge >= 0.3 is 0 Å². The fraction of sp³-hybridized carbons (Fsp3) is 0.214. The molecule has 1 aromatic carbocycles. The van der Waals surface area contributed by atoms with Crippen LogP contribution in [0.1, 0.15) is 16.1 Å². The number of rotatable bonds is 5. The normalized spacial score (nSPS) is 10.2. The van der Waals surface area contributed by atoms with Crippen LogP contribution in [0.3, 0.4) is 0 Å². The molecule has 0 aliphatic carbocycles. The van der Waals surface area contributed by atoms with E-state index in [1.165, 1.54) is 12.1 Å². The number of hydrogen-bond donors (Lipinski definition) is 1. The van der Waals surface area contributed by atoms with E-state index in [1.807, 2.05) is 14.1 Å². The van der Waals surface area contributed by atoms with Gasteiger partial charge < -0.3 is 10.2 Å². The maximum absolute atomic E-state index is 12.1. The maximum atomic E-state index is 12.1. The highest BCUT2D eigenvalue weighted by Gasteiger charge is 2.15. The van der Waals surface area contributed by atoms with E-state index in [2.05, 4.69) is 15.3 Å². The summed E-state index contributed by atoms with van der Waals surface area (Å²) in [6, 6.07) is 5.38. The lowest BCUT2D eigenvalue weighted by Gasteiger charge is -2.11. The van der Waals surface area contributed by atoms with Crippen molar-refractivity contribution >= 4 is 29.1 Å². The summed E-state index contributed by atoms with van der Waals surface area (Å²) in [5.74, 6) is 0.0973. The number of non-ortho nitro benzene ring substituents is 1. The highest BCUT2D eigenvalue weighted by atomic mass is 35.5. The van der Waals surface area contributed by atoms with Crippen LogP contribution in [0, 0.1) is 10.1 Å². The smallest absolute Gasteiger partial charge is 0.270 e. The van der Waals surface area contributed by atoms with Gasteiger partial charge in [0.05, 0.1) is 27.7 Å². The molecule has 0 unspecified atom stereocenters. The summed E-state index contributed by atoms with van der Waals surface area (Å²) in [6.07, 6.45) is 1.60. The fourth-order valence-electron chi connectivity index (χ4n) is 1.77. The van der Waals surface area contributed by atoms with E-state index in [9.17, 15) is 14.9 Å². The van der Waals surface area contributed by atoms with Gasteiger partial charge in [0.2, 0.25) is 5.95 Å². The minimum absolute atomic E-state index is 0.0216. The minimum atomic E-state index is -0.572. The average Bonchev–Trinajstić information content (AvgIpc) is 2.52. The predicted octanol–water partition coefficient (Wildman–Crippen LogP) is 2.03. The molecule has 8 nitrogen and oxygen atoms in total. The Hall–Kier alpha value is -2.74. The number of nitrogens with zero attached hydrogens (tertiary/aromatic N) is 4. The molecule has 0 saturated carbocycles. The van der Waals surface area contributed by atoms with E-state index in [1.54, 1.807) is 17.2 Å². The summed E-state index contributed by atoms with van der Waals surface area (Å²) in [5.41, 5.74) is 0.632. The molecule has 2 aromatic rings. The summed E-state index contributed by atoms with van der Waals surface area (Å²) < 4.78 is 0. The number of nitrogens with one attached hydrogen (secondary N) is 1. The summed E-state index contributed by atoms with van der Waals surface area (Å²) in [5, 5.41) is 13.4. The first-order chi connectivity index (χ1) is 10.9. The number of aromatic nitrogens is 2. The molecule has 0 saturated heterocycles. The van der Waals surface area contributed by atoms with E-state index in [-0.39, 0.29) is 22.8 Å². The van der Waals surface area contributed by atoms with Gasteiger partial charge in [0, 0.05) is 32.4 Å². The molecule has 1 heterocycles. The lowest BCUT2D eigenvalue weighted by Crippen LogP contribution is -2.24. The standard InChI is InChI=1S/C14H14ClN5O3/c1-19(2)14-16-6-5-9(18-14)8-17-13(21)11-4-3-10(20(22)23)7-12(11)15/h3-7H,8H2,1-2H3,(H,17,21). The molecule has 23 heavy (non-hydrogen) atoms. The first kappa shape index (κ1) is 16.6. The Balaban J connectivity index is 2.08. The van der Waals surface area contributed by atoms with Crippen LogP contribution in [-0.4, -0.2) is 34.9 Å². The second kappa shape index (κ2) is 7.01. The Bertz CT molecular complexity index is 751. The first-order valence-electron chi connectivity index (χ1n) is 6.60. The van der Waals surface area contributed by atoms with Crippen molar-refractivity contribution in [3.8, 4) is 0 Å². The third-order valence-electron chi connectivity index (χ3n) is 2.94. The zero-order valence-electron chi connectivity index (χ0n) is 12.5. The Labute approximate surface area is 137 Å². The molecule has 9 heteroatoms. The lowest BCUT2D eigenvalue weighted by atomic mass is 10.2. The zero-order valence-corrected chi connectivity index (χ0v) is 13.2. The number of carbonyl (C=O) groups is 1. The van der Waals surface area contributed by atoms with Gasteiger partial charge in [-0.3, -0.25) is 14.9 Å². The molecule has 0 atom stereocenters. The molecule has 1 amide bonds. The lowest BCUT2D eigenvalue weighted by molar-refractivity contribution is -0.384. The molecule has 0 aliphatic heterocycles. The maximum Gasteiger partial charge on any atom is 0.270 e. The van der Waals surface area contributed by atoms with Gasteiger partial charge in [0.1, 0.15) is 0 Å². The van der Waals surface area contributed by atoms with Crippen LogP contribution in [0.2, 0.25) is 5.02 Å². The van der Waals surface area contributed by atoms with Crippen molar-refractivity contribution in [2.75, 3.05) is 19.0 Å². The number of halogens is 1. The van der Waals surface area contributed by atoms with E-state index in [4.69, 9.17) is 11.6 Å². The van der Waals surface area contributed by atoms with Crippen LogP contribution in [0.5, 0.6) is 0 Å². The van der Waals surface area contributed by atoms with Crippen LogP contribution in [0.25, 0.3) is 0 Å². The van der Waals surface area contributed by atoms with Crippen molar-refractivity contribution in [3.05, 3.63) is 56.9 Å². The number of carbonyl (C=O) groups excluding carboxylic acids is 1. The number of hydrogen-bond acceptors (Lipinski definition) is 6. The predicted molar refractivity (Wildman–Crippen MR) is 85.6 cm³/mol. The summed E-state index contributed by atoms with van der Waals surface area (Å²) in [4.78, 5) is 32.3. The highest BCUT2D eigenvalue weighted by Crippen LogP contribution is 2.22. The summed E-state index contributed by atoms with van der Waals surface area (Å²) >= 11 is 5.92. The van der Waals surface area contributed by atoms with E-state index < -0.39 is 10.8 Å². The highest BCUT2D eigenvalue weighted by molar-refractivity contribution is 6.34. The quantitative estimate of drug-likeness (QED) is 0.662. The second-order valence-electron chi connectivity index (χ2n) is 4.85. The third kappa shape index (κ3) is 4.13. The van der Waals surface area contributed by atoms with Gasteiger partial charge in [-0.25, -0.2) is 9.97 Å². The molecular formula is C14H14ClN5O3. The Morgan fingerprint density at radius 2 is 2.13 bits per heavy atom. The van der Waals surface area contributed by atoms with Crippen molar-refractivity contribution < 1.29 is 9.72 Å². The van der Waals surface area contributed by atoms with Crippen molar-refractivity contribution in [1.29, 1.82) is 0 Å². The third-order valence-corrected chi connectivity index (χ3v) is 3.25. The van der Waals surface area contributed by atoms with Gasteiger partial charge in [0.15, 0.2) is 0 Å². The average molecular weight is 336 g/mol. The minimum Gasteiger partial charge on any atom is -0.347 e. The number of nitro groups is 1. The van der Waals surface area contributed by atoms with Crippen LogP contribution < -0.4 is 10.2 Å². The molecule has 0 bridgehead atoms. The van der Waals surface area contributed by atoms with Crippen LogP contribution in [-0.2, 0) is 6.54 Å². The fourth-order valence-corrected chi connectivity index (χ4v) is 2.03. The van der Waals surface area contributed by atoms with Crippen molar-refractivity contribution in [2.24, 2.45) is 0 Å². The molecule has 0 aliphatic rings. The molecular weight excluding hydrogens is 322 g/mol. The number of anilines is 1. The molecule has 0 radical (unpaired) electrons. The Kier molecular flexibility index (Phi) is 5.07. The number of benzene rings is 1. The zero-order chi connectivity index (χ0) is 17.0. The van der Waals surface area contributed by atoms with E-state index in [0.29, 0.717) is 11.6 Å². The molecule has 0 fully saturated rings. The Morgan fingerprint density at radius 3 is 2.74 bits per heavy atom. The summed E-state index contributed by atoms with van der Waals surface area (Å²) in [7, 11) is 3.63. The van der Waals surface area contributed by atoms with Crippen LogP contribution in [0.4, 0.5) is 11.6 Å². The summed E-state index contributed by atoms with van der Waals surface area (Å²) in [6.45, 7) is 0.190. The molecule has 120 valence electrons. The van der Waals surface area contributed by atoms with Crippen molar-refractivity contribution in [2.45, 2.75) is 6.54 Å². The largest absolute Gasteiger partial charge is 0.347 e. The monoisotopic (exact) mass is 335 g/mol. The van der Waals surface area contributed by atoms with E-state index >= 15 is 0 Å². The van der Waals surface area contributed by atoms with E-state index in [0.717, 1.165) is 6.07 Å². The second-order valence-corrected chi connectivity index (χ2v) is 5.25. The number of nitro benzene ring substituents is 1. The van der Waals surface area contributed by atoms with Gasteiger partial charge in [-0.05, 0) is 12.1 Å². The Morgan fingerprint density at radius 1 is 1.39 bits per heavy atom. The SMILES string of the molecule is CN(C)c1nccc(CNC(=O)c2ccc([N+](=O)[O-])cc2Cl)n1. The molecule has 1 N–H and O–H groups in total. The number of amides is 1. The molecule has 1 aromatic heterocycles. The van der Waals surface area contributed by atoms with Gasteiger partial charge in [-0.1, -0.05) is 11.6 Å². The van der Waals surface area contributed by atoms with Gasteiger partial charge in [0.25, 0.3) is 11.6 Å².